The van der Waals surface area contributed by atoms with Crippen molar-refractivity contribution in [3.63, 3.8) is 0 Å². The molecule has 35 heavy (non-hydrogen) atoms. The number of rotatable bonds is 4. The summed E-state index contributed by atoms with van der Waals surface area (Å²) in [6.07, 6.45) is 1.34. The molecule has 0 saturated heterocycles. The van der Waals surface area contributed by atoms with E-state index in [4.69, 9.17) is 10.5 Å². The van der Waals surface area contributed by atoms with Crippen molar-refractivity contribution in [2.45, 2.75) is 26.2 Å². The largest absolute Gasteiger partial charge is 0.457 e. The summed E-state index contributed by atoms with van der Waals surface area (Å²) in [7, 11) is 0. The quantitative estimate of drug-likeness (QED) is 0.393. The number of anilines is 1. The number of fused-ring (bicyclic) bond motifs is 1. The Labute approximate surface area is 201 Å². The highest BCUT2D eigenvalue weighted by Crippen LogP contribution is 2.31. The molecule has 0 atom stereocenters. The highest BCUT2D eigenvalue weighted by Gasteiger charge is 2.25. The molecule has 2 N–H and O–H groups in total. The average Bonchev–Trinajstić information content (AvgIpc) is 3.12. The predicted molar refractivity (Wildman–Crippen MR) is 133 cm³/mol. The number of nitrogens with zero attached hydrogens (tertiary/aromatic N) is 4. The summed E-state index contributed by atoms with van der Waals surface area (Å²) >= 11 is 0. The number of imidazole rings is 1. The monoisotopic (exact) mass is 468 g/mol. The number of aromatic nitrogens is 4. The summed E-state index contributed by atoms with van der Waals surface area (Å²) in [5.74, 6) is 0.664. The van der Waals surface area contributed by atoms with Gasteiger partial charge in [0.2, 0.25) is 0 Å². The van der Waals surface area contributed by atoms with Gasteiger partial charge in [-0.25, -0.2) is 23.7 Å². The molecule has 0 aliphatic rings. The smallest absolute Gasteiger partial charge is 0.339 e. The van der Waals surface area contributed by atoms with Crippen molar-refractivity contribution >= 4 is 17.0 Å². The predicted octanol–water partition coefficient (Wildman–Crippen LogP) is 5.18. The fourth-order valence-electron chi connectivity index (χ4n) is 4.07. The second-order valence-corrected chi connectivity index (χ2v) is 9.13. The van der Waals surface area contributed by atoms with E-state index >= 15 is 0 Å². The van der Waals surface area contributed by atoms with E-state index in [2.05, 4.69) is 36.8 Å². The first-order chi connectivity index (χ1) is 16.7. The summed E-state index contributed by atoms with van der Waals surface area (Å²) in [6.45, 7) is 6.24. The zero-order valence-electron chi connectivity index (χ0n) is 19.5. The number of hydrogen-bond donors (Lipinski definition) is 1. The van der Waals surface area contributed by atoms with E-state index in [0.717, 1.165) is 5.56 Å². The standard InChI is InChI=1S/C27H23FN5O2/c1-27(2,3)21-9-4-5-10-22(21)33-25-23(24(29)30-16-31-25)32(26(33)34)18-11-13-19(14-12-18)35-20-8-6-7-17(28)15-20/h4,6-16H,1-3H3,(H2,29,30,31). The molecule has 5 aromatic rings. The molecule has 0 spiro atoms. The van der Waals surface area contributed by atoms with E-state index in [-0.39, 0.29) is 22.7 Å². The van der Waals surface area contributed by atoms with E-state index in [1.807, 2.05) is 12.1 Å². The summed E-state index contributed by atoms with van der Waals surface area (Å²) in [6, 6.07) is 21.4. The molecule has 1 radical (unpaired) electrons. The van der Waals surface area contributed by atoms with Crippen LogP contribution in [0.3, 0.4) is 0 Å². The normalized spacial score (nSPS) is 11.7. The number of halogens is 1. The van der Waals surface area contributed by atoms with Gasteiger partial charge >= 0.3 is 5.69 Å². The molecule has 0 unspecified atom stereocenters. The molecule has 7 nitrogen and oxygen atoms in total. The summed E-state index contributed by atoms with van der Waals surface area (Å²) in [5.41, 5.74) is 8.67. The van der Waals surface area contributed by atoms with E-state index in [9.17, 15) is 9.18 Å². The Bertz CT molecular complexity index is 1600. The van der Waals surface area contributed by atoms with Crippen molar-refractivity contribution in [2.75, 3.05) is 5.73 Å². The second-order valence-electron chi connectivity index (χ2n) is 9.13. The molecule has 2 heterocycles. The summed E-state index contributed by atoms with van der Waals surface area (Å²) < 4.78 is 22.2. The summed E-state index contributed by atoms with van der Waals surface area (Å²) in [5, 5.41) is 0. The fourth-order valence-corrected chi connectivity index (χ4v) is 4.07. The third-order valence-corrected chi connectivity index (χ3v) is 5.67. The minimum Gasteiger partial charge on any atom is -0.457 e. The topological polar surface area (TPSA) is 88.0 Å². The van der Waals surface area contributed by atoms with Crippen LogP contribution >= 0.6 is 0 Å². The lowest BCUT2D eigenvalue weighted by Gasteiger charge is -2.22. The van der Waals surface area contributed by atoms with Crippen molar-refractivity contribution in [1.29, 1.82) is 0 Å². The van der Waals surface area contributed by atoms with Crippen molar-refractivity contribution in [3.05, 3.63) is 101 Å². The van der Waals surface area contributed by atoms with E-state index in [1.165, 1.54) is 23.0 Å². The molecule has 0 aliphatic carbocycles. The van der Waals surface area contributed by atoms with Crippen LogP contribution in [0.25, 0.3) is 22.5 Å². The van der Waals surface area contributed by atoms with Gasteiger partial charge in [-0.05, 0) is 59.5 Å². The average molecular weight is 469 g/mol. The Kier molecular flexibility index (Phi) is 5.36. The molecule has 175 valence electrons. The summed E-state index contributed by atoms with van der Waals surface area (Å²) in [4.78, 5) is 22.4. The van der Waals surface area contributed by atoms with Gasteiger partial charge in [-0.1, -0.05) is 39.0 Å². The van der Waals surface area contributed by atoms with Gasteiger partial charge in [0.05, 0.1) is 11.4 Å². The van der Waals surface area contributed by atoms with Crippen LogP contribution in [0.5, 0.6) is 11.5 Å². The Balaban J connectivity index is 1.67. The second kappa shape index (κ2) is 8.39. The van der Waals surface area contributed by atoms with E-state index in [1.54, 1.807) is 47.0 Å². The number of hydrogen-bond acceptors (Lipinski definition) is 5. The number of benzene rings is 3. The fraction of sp³-hybridized carbons (Fsp3) is 0.148. The first kappa shape index (κ1) is 22.3. The number of ether oxygens (including phenoxy) is 1. The minimum absolute atomic E-state index is 0.183. The van der Waals surface area contributed by atoms with Crippen LogP contribution in [0.4, 0.5) is 10.2 Å². The molecular weight excluding hydrogens is 445 g/mol. The maximum Gasteiger partial charge on any atom is 0.339 e. The zero-order chi connectivity index (χ0) is 24.7. The first-order valence-corrected chi connectivity index (χ1v) is 11.0. The van der Waals surface area contributed by atoms with Crippen molar-refractivity contribution in [3.8, 4) is 22.9 Å². The highest BCUT2D eigenvalue weighted by atomic mass is 19.1. The van der Waals surface area contributed by atoms with Gasteiger partial charge in [-0.2, -0.15) is 0 Å². The molecule has 0 amide bonds. The van der Waals surface area contributed by atoms with Gasteiger partial charge in [0, 0.05) is 6.07 Å². The van der Waals surface area contributed by atoms with Gasteiger partial charge in [0.15, 0.2) is 11.5 Å². The maximum absolute atomic E-state index is 13.8. The Hall–Kier alpha value is -4.46. The lowest BCUT2D eigenvalue weighted by Crippen LogP contribution is -2.25. The van der Waals surface area contributed by atoms with Gasteiger partial charge in [0.1, 0.15) is 29.2 Å². The highest BCUT2D eigenvalue weighted by molar-refractivity contribution is 5.85. The van der Waals surface area contributed by atoms with Crippen molar-refractivity contribution in [1.82, 2.24) is 19.1 Å². The third kappa shape index (κ3) is 4.03. The molecule has 0 fully saturated rings. The third-order valence-electron chi connectivity index (χ3n) is 5.67. The maximum atomic E-state index is 13.8. The Morgan fingerprint density at radius 1 is 1.00 bits per heavy atom. The zero-order valence-corrected chi connectivity index (χ0v) is 19.5. The van der Waals surface area contributed by atoms with E-state index < -0.39 is 0 Å². The van der Waals surface area contributed by atoms with Crippen LogP contribution < -0.4 is 16.2 Å². The molecule has 8 heteroatoms. The number of nitrogens with two attached hydrogens (primary N) is 1. The van der Waals surface area contributed by atoms with Crippen LogP contribution in [0, 0.1) is 11.9 Å². The van der Waals surface area contributed by atoms with Crippen LogP contribution in [-0.2, 0) is 5.41 Å². The first-order valence-electron chi connectivity index (χ1n) is 11.0. The van der Waals surface area contributed by atoms with Gasteiger partial charge in [-0.15, -0.1) is 0 Å². The van der Waals surface area contributed by atoms with Crippen LogP contribution in [-0.4, -0.2) is 19.1 Å². The van der Waals surface area contributed by atoms with Crippen LogP contribution in [0.15, 0.2) is 77.9 Å². The Morgan fingerprint density at radius 2 is 1.77 bits per heavy atom. The van der Waals surface area contributed by atoms with Crippen molar-refractivity contribution < 1.29 is 9.13 Å². The van der Waals surface area contributed by atoms with Crippen molar-refractivity contribution in [2.24, 2.45) is 0 Å². The van der Waals surface area contributed by atoms with Gasteiger partial charge in [-0.3, -0.25) is 4.57 Å². The van der Waals surface area contributed by atoms with Crippen LogP contribution in [0.2, 0.25) is 0 Å². The molecule has 0 saturated carbocycles. The van der Waals surface area contributed by atoms with Gasteiger partial charge < -0.3 is 10.5 Å². The van der Waals surface area contributed by atoms with Crippen LogP contribution in [0.1, 0.15) is 26.3 Å². The molecule has 0 bridgehead atoms. The molecule has 0 aliphatic heterocycles. The lowest BCUT2D eigenvalue weighted by atomic mass is 9.86. The van der Waals surface area contributed by atoms with Gasteiger partial charge in [0.25, 0.3) is 0 Å². The minimum atomic E-state index is -0.387. The van der Waals surface area contributed by atoms with E-state index in [0.29, 0.717) is 34.0 Å². The molecular formula is C27H23FN5O2. The SMILES string of the molecule is CC(C)(C)c1cc[c]cc1-n1c(=O)n(-c2ccc(Oc3cccc(F)c3)cc2)c2c(N)ncnc21. The molecule has 2 aromatic heterocycles. The molecule has 3 aromatic carbocycles. The Morgan fingerprint density at radius 3 is 2.49 bits per heavy atom. The molecule has 5 rings (SSSR count). The lowest BCUT2D eigenvalue weighted by molar-refractivity contribution is 0.476. The number of nitrogen functional groups attached to an aromatic ring is 1.